The summed E-state index contributed by atoms with van der Waals surface area (Å²) in [5.74, 6) is 3.39. The molecule has 0 saturated heterocycles. The lowest BCUT2D eigenvalue weighted by molar-refractivity contribution is 0.304. The number of hydrogen-bond donors (Lipinski definition) is 1. The van der Waals surface area contributed by atoms with Crippen LogP contribution in [0.25, 0.3) is 10.9 Å². The number of aliphatic hydroxyl groups excluding tert-OH is 1. The van der Waals surface area contributed by atoms with Crippen molar-refractivity contribution in [2.75, 3.05) is 37.1 Å². The highest BCUT2D eigenvalue weighted by atomic mass is 16.5. The molecule has 150 valence electrons. The van der Waals surface area contributed by atoms with Gasteiger partial charge in [-0.05, 0) is 42.7 Å². The molecule has 1 fully saturated rings. The van der Waals surface area contributed by atoms with Crippen LogP contribution in [0.15, 0.2) is 36.4 Å². The van der Waals surface area contributed by atoms with Crippen LogP contribution in [0.4, 0.5) is 11.5 Å². The zero-order chi connectivity index (χ0) is 20.0. The van der Waals surface area contributed by atoms with Gasteiger partial charge in [0.15, 0.2) is 0 Å². The van der Waals surface area contributed by atoms with Crippen molar-refractivity contribution in [3.05, 3.63) is 53.3 Å². The molecule has 0 unspecified atom stereocenters. The minimum absolute atomic E-state index is 0.125. The highest BCUT2D eigenvalue weighted by Crippen LogP contribution is 2.42. The maximum Gasteiger partial charge on any atom is 0.140 e. The van der Waals surface area contributed by atoms with Gasteiger partial charge in [-0.2, -0.15) is 0 Å². The molecule has 1 saturated carbocycles. The number of likely N-dealkylation sites (N-methyl/N-ethyl adjacent to an activating group) is 1. The summed E-state index contributed by atoms with van der Waals surface area (Å²) in [6.07, 6.45) is 2.35. The molecular weight excluding hydrogens is 364 g/mol. The normalized spacial score (nSPS) is 15.6. The number of methoxy groups -OCH3 is 1. The fourth-order valence-corrected chi connectivity index (χ4v) is 4.13. The molecule has 6 nitrogen and oxygen atoms in total. The minimum Gasteiger partial charge on any atom is -0.496 e. The van der Waals surface area contributed by atoms with E-state index >= 15 is 0 Å². The predicted octanol–water partition coefficient (Wildman–Crippen LogP) is 3.46. The first-order valence-corrected chi connectivity index (χ1v) is 10.2. The molecule has 0 atom stereocenters. The van der Waals surface area contributed by atoms with Gasteiger partial charge in [0.1, 0.15) is 17.4 Å². The van der Waals surface area contributed by atoms with E-state index in [1.807, 2.05) is 13.1 Å². The van der Waals surface area contributed by atoms with Crippen LogP contribution in [0, 0.1) is 0 Å². The second-order valence-corrected chi connectivity index (χ2v) is 7.98. The molecule has 3 aromatic rings. The van der Waals surface area contributed by atoms with Crippen molar-refractivity contribution in [1.82, 2.24) is 9.97 Å². The largest absolute Gasteiger partial charge is 0.496 e. The number of nitrogens with zero attached hydrogens (tertiary/aromatic N) is 4. The van der Waals surface area contributed by atoms with Crippen LogP contribution in [-0.2, 0) is 13.1 Å². The Morgan fingerprint density at radius 1 is 1.17 bits per heavy atom. The van der Waals surface area contributed by atoms with Gasteiger partial charge >= 0.3 is 0 Å². The fourth-order valence-electron chi connectivity index (χ4n) is 4.13. The number of rotatable bonds is 6. The summed E-state index contributed by atoms with van der Waals surface area (Å²) in [4.78, 5) is 14.3. The van der Waals surface area contributed by atoms with E-state index in [0.717, 1.165) is 47.1 Å². The van der Waals surface area contributed by atoms with Crippen molar-refractivity contribution in [1.29, 1.82) is 0 Å². The van der Waals surface area contributed by atoms with Crippen molar-refractivity contribution >= 4 is 22.4 Å². The van der Waals surface area contributed by atoms with Gasteiger partial charge in [-0.15, -0.1) is 0 Å². The summed E-state index contributed by atoms with van der Waals surface area (Å²) in [6, 6.07) is 12.6. The molecule has 29 heavy (non-hydrogen) atoms. The lowest BCUT2D eigenvalue weighted by atomic mass is 10.1. The Labute approximate surface area is 170 Å². The summed E-state index contributed by atoms with van der Waals surface area (Å²) in [6.45, 7) is 2.32. The number of ether oxygens (including phenoxy) is 1. The standard InChI is InChI=1S/C23H26N4O2/c1-26(10-11-28)17-8-9-20-18(12-17)23(25-22(24-20)15-6-7-15)27-13-16-4-3-5-21(29-2)19(16)14-27/h3-5,8-9,12,15,28H,6-7,10-11,13-14H2,1-2H3. The molecule has 2 aromatic carbocycles. The van der Waals surface area contributed by atoms with Gasteiger partial charge in [0.25, 0.3) is 0 Å². The number of hydrogen-bond acceptors (Lipinski definition) is 6. The number of aromatic nitrogens is 2. The van der Waals surface area contributed by atoms with Crippen LogP contribution in [0.5, 0.6) is 5.75 Å². The number of anilines is 2. The van der Waals surface area contributed by atoms with Crippen LogP contribution in [0.1, 0.15) is 35.7 Å². The average Bonchev–Trinajstić information content (AvgIpc) is 3.50. The maximum atomic E-state index is 9.31. The van der Waals surface area contributed by atoms with E-state index in [-0.39, 0.29) is 6.61 Å². The van der Waals surface area contributed by atoms with E-state index < -0.39 is 0 Å². The third kappa shape index (κ3) is 3.27. The molecule has 0 amide bonds. The van der Waals surface area contributed by atoms with E-state index in [2.05, 4.69) is 40.1 Å². The van der Waals surface area contributed by atoms with E-state index in [9.17, 15) is 5.11 Å². The zero-order valence-corrected chi connectivity index (χ0v) is 16.9. The molecule has 1 aromatic heterocycles. The van der Waals surface area contributed by atoms with Crippen molar-refractivity contribution in [2.45, 2.75) is 31.8 Å². The fraction of sp³-hybridized carbons (Fsp3) is 0.391. The van der Waals surface area contributed by atoms with Gasteiger partial charge in [-0.3, -0.25) is 0 Å². The SMILES string of the molecule is COc1cccc2c1CN(c1nc(C3CC3)nc3ccc(N(C)CCO)cc13)C2. The van der Waals surface area contributed by atoms with Crippen LogP contribution in [0.3, 0.4) is 0 Å². The Morgan fingerprint density at radius 2 is 2.03 bits per heavy atom. The lowest BCUT2D eigenvalue weighted by Crippen LogP contribution is -2.21. The smallest absolute Gasteiger partial charge is 0.140 e. The number of fused-ring (bicyclic) bond motifs is 2. The molecule has 0 spiro atoms. The van der Waals surface area contributed by atoms with E-state index in [4.69, 9.17) is 14.7 Å². The van der Waals surface area contributed by atoms with Crippen molar-refractivity contribution in [2.24, 2.45) is 0 Å². The van der Waals surface area contributed by atoms with Gasteiger partial charge in [-0.25, -0.2) is 9.97 Å². The number of benzene rings is 2. The molecule has 0 radical (unpaired) electrons. The van der Waals surface area contributed by atoms with Crippen LogP contribution < -0.4 is 14.5 Å². The summed E-state index contributed by atoms with van der Waals surface area (Å²) < 4.78 is 5.59. The second kappa shape index (κ2) is 7.19. The first-order valence-electron chi connectivity index (χ1n) is 10.2. The molecule has 1 aliphatic heterocycles. The Kier molecular flexibility index (Phi) is 4.51. The van der Waals surface area contributed by atoms with E-state index in [0.29, 0.717) is 12.5 Å². The monoisotopic (exact) mass is 390 g/mol. The molecular formula is C23H26N4O2. The minimum atomic E-state index is 0.125. The first-order chi connectivity index (χ1) is 14.2. The third-order valence-corrected chi connectivity index (χ3v) is 5.95. The van der Waals surface area contributed by atoms with E-state index in [1.165, 1.54) is 24.0 Å². The zero-order valence-electron chi connectivity index (χ0n) is 16.9. The third-order valence-electron chi connectivity index (χ3n) is 5.95. The van der Waals surface area contributed by atoms with Crippen molar-refractivity contribution < 1.29 is 9.84 Å². The number of aliphatic hydroxyl groups is 1. The molecule has 6 heteroatoms. The molecule has 1 N–H and O–H groups in total. The molecule has 2 heterocycles. The Bertz CT molecular complexity index is 1060. The summed E-state index contributed by atoms with van der Waals surface area (Å²) in [7, 11) is 3.72. The first kappa shape index (κ1) is 18.2. The van der Waals surface area contributed by atoms with Gasteiger partial charge in [0.05, 0.1) is 19.2 Å². The molecule has 5 rings (SSSR count). The topological polar surface area (TPSA) is 61.7 Å². The Morgan fingerprint density at radius 3 is 2.79 bits per heavy atom. The molecule has 2 aliphatic rings. The van der Waals surface area contributed by atoms with Crippen LogP contribution in [0.2, 0.25) is 0 Å². The van der Waals surface area contributed by atoms with Gasteiger partial charge < -0.3 is 19.6 Å². The van der Waals surface area contributed by atoms with Crippen LogP contribution in [-0.4, -0.2) is 42.4 Å². The van der Waals surface area contributed by atoms with Crippen molar-refractivity contribution in [3.8, 4) is 5.75 Å². The predicted molar refractivity (Wildman–Crippen MR) is 115 cm³/mol. The Balaban J connectivity index is 1.60. The van der Waals surface area contributed by atoms with E-state index in [1.54, 1.807) is 7.11 Å². The highest BCUT2D eigenvalue weighted by Gasteiger charge is 2.30. The summed E-state index contributed by atoms with van der Waals surface area (Å²) >= 11 is 0. The quantitative estimate of drug-likeness (QED) is 0.695. The second-order valence-electron chi connectivity index (χ2n) is 7.98. The van der Waals surface area contributed by atoms with Gasteiger partial charge in [0.2, 0.25) is 0 Å². The van der Waals surface area contributed by atoms with Crippen molar-refractivity contribution in [3.63, 3.8) is 0 Å². The summed E-state index contributed by atoms with van der Waals surface area (Å²) in [5, 5.41) is 10.4. The molecule has 0 bridgehead atoms. The summed E-state index contributed by atoms with van der Waals surface area (Å²) in [5.41, 5.74) is 4.58. The van der Waals surface area contributed by atoms with Gasteiger partial charge in [-0.1, -0.05) is 12.1 Å². The highest BCUT2D eigenvalue weighted by molar-refractivity contribution is 5.92. The average molecular weight is 390 g/mol. The lowest BCUT2D eigenvalue weighted by Gasteiger charge is -2.22. The van der Waals surface area contributed by atoms with Crippen LogP contribution >= 0.6 is 0 Å². The van der Waals surface area contributed by atoms with Gasteiger partial charge in [0, 0.05) is 49.2 Å². The molecule has 1 aliphatic carbocycles. The maximum absolute atomic E-state index is 9.31. The Hall–Kier alpha value is -2.86.